The molecule has 0 aromatic heterocycles. The van der Waals surface area contributed by atoms with Crippen LogP contribution in [0.3, 0.4) is 0 Å². The third kappa shape index (κ3) is 5.12. The van der Waals surface area contributed by atoms with Crippen molar-refractivity contribution in [3.05, 3.63) is 64.7 Å². The summed E-state index contributed by atoms with van der Waals surface area (Å²) in [6, 6.07) is 14.1. The fourth-order valence-electron chi connectivity index (χ4n) is 4.37. The van der Waals surface area contributed by atoms with Gasteiger partial charge in [0.05, 0.1) is 10.9 Å². The van der Waals surface area contributed by atoms with E-state index in [1.54, 1.807) is 12.1 Å². The van der Waals surface area contributed by atoms with Crippen molar-refractivity contribution in [2.75, 3.05) is 32.7 Å². The first-order valence-electron chi connectivity index (χ1n) is 10.8. The van der Waals surface area contributed by atoms with Crippen molar-refractivity contribution in [2.24, 2.45) is 0 Å². The highest BCUT2D eigenvalue weighted by Crippen LogP contribution is 2.27. The Morgan fingerprint density at radius 2 is 1.61 bits per heavy atom. The van der Waals surface area contributed by atoms with Gasteiger partial charge in [0.2, 0.25) is 10.0 Å². The van der Waals surface area contributed by atoms with Crippen LogP contribution in [0.2, 0.25) is 5.02 Å². The van der Waals surface area contributed by atoms with Crippen LogP contribution in [0.1, 0.15) is 47.6 Å². The lowest BCUT2D eigenvalue weighted by atomic mass is 10.1. The third-order valence-corrected chi connectivity index (χ3v) is 8.24. The Kier molecular flexibility index (Phi) is 6.96. The van der Waals surface area contributed by atoms with Crippen LogP contribution in [0.15, 0.2) is 53.4 Å². The van der Waals surface area contributed by atoms with E-state index in [1.807, 2.05) is 24.3 Å². The SMILES string of the molecule is O=C(NCC(c1cccc(Cl)c1)N1CCCC1)c1ccc(S(=O)(=O)N2CCCC2)cc1. The molecule has 1 amide bonds. The Hall–Kier alpha value is -1.93. The van der Waals surface area contributed by atoms with Gasteiger partial charge in [-0.2, -0.15) is 4.31 Å². The van der Waals surface area contributed by atoms with Crippen molar-refractivity contribution < 1.29 is 13.2 Å². The second kappa shape index (κ2) is 9.69. The predicted molar refractivity (Wildman–Crippen MR) is 122 cm³/mol. The maximum Gasteiger partial charge on any atom is 0.251 e. The summed E-state index contributed by atoms with van der Waals surface area (Å²) in [4.78, 5) is 15.4. The smallest absolute Gasteiger partial charge is 0.251 e. The minimum Gasteiger partial charge on any atom is -0.350 e. The summed E-state index contributed by atoms with van der Waals surface area (Å²) in [5.74, 6) is -0.212. The summed E-state index contributed by atoms with van der Waals surface area (Å²) in [6.45, 7) is 3.58. The standard InChI is InChI=1S/C23H28ClN3O3S/c24-20-7-5-6-19(16-20)22(26-12-1-2-13-26)17-25-23(28)18-8-10-21(11-9-18)31(29,30)27-14-3-4-15-27/h5-11,16,22H,1-4,12-15,17H2,(H,25,28). The van der Waals surface area contributed by atoms with E-state index < -0.39 is 10.0 Å². The number of carbonyl (C=O) groups excluding carboxylic acids is 1. The number of halogens is 1. The number of benzene rings is 2. The molecule has 0 radical (unpaired) electrons. The highest BCUT2D eigenvalue weighted by Gasteiger charge is 2.27. The first-order chi connectivity index (χ1) is 14.9. The van der Waals surface area contributed by atoms with Gasteiger partial charge in [-0.1, -0.05) is 23.7 Å². The van der Waals surface area contributed by atoms with Crippen LogP contribution in [0.4, 0.5) is 0 Å². The predicted octanol–water partition coefficient (Wildman–Crippen LogP) is 3.69. The summed E-state index contributed by atoms with van der Waals surface area (Å²) in [5.41, 5.74) is 1.54. The lowest BCUT2D eigenvalue weighted by Crippen LogP contribution is -2.36. The highest BCUT2D eigenvalue weighted by molar-refractivity contribution is 7.89. The molecule has 0 saturated carbocycles. The molecular weight excluding hydrogens is 434 g/mol. The van der Waals surface area contributed by atoms with E-state index in [0.717, 1.165) is 44.3 Å². The van der Waals surface area contributed by atoms with E-state index in [0.29, 0.717) is 30.2 Å². The average molecular weight is 462 g/mol. The number of carbonyl (C=O) groups is 1. The van der Waals surface area contributed by atoms with E-state index in [9.17, 15) is 13.2 Å². The maximum atomic E-state index is 12.8. The molecule has 2 fully saturated rings. The van der Waals surface area contributed by atoms with Crippen molar-refractivity contribution in [2.45, 2.75) is 36.6 Å². The molecule has 0 spiro atoms. The fourth-order valence-corrected chi connectivity index (χ4v) is 6.09. The first kappa shape index (κ1) is 22.3. The van der Waals surface area contributed by atoms with Crippen LogP contribution in [0.5, 0.6) is 0 Å². The van der Waals surface area contributed by atoms with Gasteiger partial charge in [0, 0.05) is 30.2 Å². The Morgan fingerprint density at radius 1 is 0.968 bits per heavy atom. The van der Waals surface area contributed by atoms with Crippen molar-refractivity contribution in [3.63, 3.8) is 0 Å². The molecule has 4 rings (SSSR count). The van der Waals surface area contributed by atoms with Gasteiger partial charge in [0.1, 0.15) is 0 Å². The number of hydrogen-bond donors (Lipinski definition) is 1. The second-order valence-electron chi connectivity index (χ2n) is 8.16. The van der Waals surface area contributed by atoms with Crippen molar-refractivity contribution >= 4 is 27.5 Å². The Balaban J connectivity index is 1.44. The molecule has 2 aliphatic rings. The molecule has 166 valence electrons. The lowest BCUT2D eigenvalue weighted by Gasteiger charge is -2.28. The molecule has 0 bridgehead atoms. The largest absolute Gasteiger partial charge is 0.350 e. The summed E-state index contributed by atoms with van der Waals surface area (Å²) < 4.78 is 26.8. The number of likely N-dealkylation sites (tertiary alicyclic amines) is 1. The minimum absolute atomic E-state index is 0.0555. The first-order valence-corrected chi connectivity index (χ1v) is 12.6. The van der Waals surface area contributed by atoms with E-state index in [4.69, 9.17) is 11.6 Å². The van der Waals surface area contributed by atoms with Gasteiger partial charge in [-0.25, -0.2) is 8.42 Å². The van der Waals surface area contributed by atoms with Crippen LogP contribution >= 0.6 is 11.6 Å². The molecule has 2 aromatic carbocycles. The molecule has 0 aliphatic carbocycles. The van der Waals surface area contributed by atoms with Gasteiger partial charge < -0.3 is 5.32 Å². The lowest BCUT2D eigenvalue weighted by molar-refractivity contribution is 0.0938. The van der Waals surface area contributed by atoms with Gasteiger partial charge in [-0.3, -0.25) is 9.69 Å². The van der Waals surface area contributed by atoms with Crippen LogP contribution in [0.25, 0.3) is 0 Å². The molecule has 2 heterocycles. The summed E-state index contributed by atoms with van der Waals surface area (Å²) in [6.07, 6.45) is 4.09. The summed E-state index contributed by atoms with van der Waals surface area (Å²) in [5, 5.41) is 3.71. The molecule has 2 aromatic rings. The van der Waals surface area contributed by atoms with Crippen molar-refractivity contribution in [3.8, 4) is 0 Å². The van der Waals surface area contributed by atoms with E-state index in [-0.39, 0.29) is 16.8 Å². The summed E-state index contributed by atoms with van der Waals surface area (Å²) in [7, 11) is -3.48. The summed E-state index contributed by atoms with van der Waals surface area (Å²) >= 11 is 6.19. The third-order valence-electron chi connectivity index (χ3n) is 6.09. The number of sulfonamides is 1. The van der Waals surface area contributed by atoms with Gasteiger partial charge in [0.15, 0.2) is 0 Å². The number of hydrogen-bond acceptors (Lipinski definition) is 4. The molecule has 8 heteroatoms. The fraction of sp³-hybridized carbons (Fsp3) is 0.435. The van der Waals surface area contributed by atoms with Gasteiger partial charge >= 0.3 is 0 Å². The maximum absolute atomic E-state index is 12.8. The van der Waals surface area contributed by atoms with Crippen molar-refractivity contribution in [1.82, 2.24) is 14.5 Å². The molecule has 2 aliphatic heterocycles. The van der Waals surface area contributed by atoms with E-state index >= 15 is 0 Å². The zero-order chi connectivity index (χ0) is 21.8. The monoisotopic (exact) mass is 461 g/mol. The quantitative estimate of drug-likeness (QED) is 0.682. The zero-order valence-electron chi connectivity index (χ0n) is 17.5. The van der Waals surface area contributed by atoms with Gasteiger partial charge in [0.25, 0.3) is 5.91 Å². The molecule has 31 heavy (non-hydrogen) atoms. The minimum atomic E-state index is -3.48. The molecular formula is C23H28ClN3O3S. The van der Waals surface area contributed by atoms with Crippen LogP contribution in [-0.2, 0) is 10.0 Å². The molecule has 1 unspecified atom stereocenters. The number of rotatable bonds is 7. The second-order valence-corrected chi connectivity index (χ2v) is 10.5. The van der Waals surface area contributed by atoms with E-state index in [1.165, 1.54) is 16.4 Å². The van der Waals surface area contributed by atoms with E-state index in [2.05, 4.69) is 10.2 Å². The topological polar surface area (TPSA) is 69.7 Å². The number of amides is 1. The highest BCUT2D eigenvalue weighted by atomic mass is 35.5. The Morgan fingerprint density at radius 3 is 2.26 bits per heavy atom. The Bertz CT molecular complexity index is 1010. The normalized spacial score (nSPS) is 18.9. The van der Waals surface area contributed by atoms with Crippen LogP contribution < -0.4 is 5.32 Å². The number of nitrogens with one attached hydrogen (secondary N) is 1. The van der Waals surface area contributed by atoms with Crippen molar-refractivity contribution in [1.29, 1.82) is 0 Å². The van der Waals surface area contributed by atoms with Crippen LogP contribution in [0, 0.1) is 0 Å². The van der Waals surface area contributed by atoms with Gasteiger partial charge in [-0.05, 0) is 80.7 Å². The number of nitrogens with zero attached hydrogens (tertiary/aromatic N) is 2. The zero-order valence-corrected chi connectivity index (χ0v) is 19.0. The molecule has 1 N–H and O–H groups in total. The average Bonchev–Trinajstić information content (AvgIpc) is 3.49. The molecule has 6 nitrogen and oxygen atoms in total. The molecule has 1 atom stereocenters. The Labute approximate surface area is 189 Å². The molecule has 2 saturated heterocycles. The van der Waals surface area contributed by atoms with Crippen LogP contribution in [-0.4, -0.2) is 56.3 Å². The van der Waals surface area contributed by atoms with Gasteiger partial charge in [-0.15, -0.1) is 0 Å².